The highest BCUT2D eigenvalue weighted by Crippen LogP contribution is 2.25. The Morgan fingerprint density at radius 2 is 2.17 bits per heavy atom. The third-order valence-corrected chi connectivity index (χ3v) is 5.70. The Balaban J connectivity index is 1.63. The average Bonchev–Trinajstić information content (AvgIpc) is 2.99. The third-order valence-electron chi connectivity index (χ3n) is 4.84. The number of amides is 1. The Morgan fingerprint density at radius 1 is 1.35 bits per heavy atom. The second kappa shape index (κ2) is 7.75. The van der Waals surface area contributed by atoms with Crippen molar-refractivity contribution in [3.8, 4) is 0 Å². The molecule has 23 heavy (non-hydrogen) atoms. The maximum atomic E-state index is 12.6. The fraction of sp³-hybridized carbons (Fsp3) is 0.706. The van der Waals surface area contributed by atoms with E-state index in [2.05, 4.69) is 23.9 Å². The first-order valence-electron chi connectivity index (χ1n) is 8.48. The molecule has 2 aliphatic rings. The van der Waals surface area contributed by atoms with Gasteiger partial charge in [0.05, 0.1) is 17.6 Å². The van der Waals surface area contributed by atoms with E-state index in [0.717, 1.165) is 57.0 Å². The Kier molecular flexibility index (Phi) is 5.69. The Labute approximate surface area is 142 Å². The van der Waals surface area contributed by atoms with Crippen molar-refractivity contribution in [2.45, 2.75) is 25.0 Å². The largest absolute Gasteiger partial charge is 0.375 e. The minimum absolute atomic E-state index is 0.179. The van der Waals surface area contributed by atoms with Gasteiger partial charge in [0, 0.05) is 38.8 Å². The minimum atomic E-state index is 0.179. The van der Waals surface area contributed by atoms with Crippen LogP contribution in [0, 0.1) is 0 Å². The van der Waals surface area contributed by atoms with Crippen LogP contribution in [0.2, 0.25) is 0 Å². The molecule has 0 aromatic carbocycles. The summed E-state index contributed by atoms with van der Waals surface area (Å²) in [6.07, 6.45) is 2.22. The Hall–Kier alpha value is -0.950. The highest BCUT2D eigenvalue weighted by Gasteiger charge is 2.35. The molecule has 6 heteroatoms. The molecule has 2 atom stereocenters. The summed E-state index contributed by atoms with van der Waals surface area (Å²) >= 11 is 1.53. The predicted molar refractivity (Wildman–Crippen MR) is 93.1 cm³/mol. The average molecular weight is 337 g/mol. The first-order valence-corrected chi connectivity index (χ1v) is 9.36. The lowest BCUT2D eigenvalue weighted by Crippen LogP contribution is -2.52. The molecule has 3 rings (SSSR count). The number of likely N-dealkylation sites (tertiary alicyclic amines) is 1. The summed E-state index contributed by atoms with van der Waals surface area (Å²) in [6, 6.07) is 4.32. The number of likely N-dealkylation sites (N-methyl/N-ethyl adjacent to an activating group) is 1. The van der Waals surface area contributed by atoms with E-state index in [-0.39, 0.29) is 12.0 Å². The molecule has 2 fully saturated rings. The zero-order valence-corrected chi connectivity index (χ0v) is 14.9. The molecule has 0 radical (unpaired) electrons. The van der Waals surface area contributed by atoms with E-state index in [9.17, 15) is 4.79 Å². The van der Waals surface area contributed by atoms with Gasteiger partial charge in [-0.15, -0.1) is 11.3 Å². The number of fused-ring (bicyclic) bond motifs is 1. The van der Waals surface area contributed by atoms with Gasteiger partial charge >= 0.3 is 0 Å². The summed E-state index contributed by atoms with van der Waals surface area (Å²) in [5, 5.41) is 1.97. The molecule has 2 aliphatic heterocycles. The minimum Gasteiger partial charge on any atom is -0.375 e. The molecule has 2 saturated heterocycles. The maximum Gasteiger partial charge on any atom is 0.263 e. The van der Waals surface area contributed by atoms with Gasteiger partial charge in [-0.2, -0.15) is 0 Å². The number of hydrogen-bond acceptors (Lipinski definition) is 5. The lowest BCUT2D eigenvalue weighted by atomic mass is 10.0. The fourth-order valence-electron chi connectivity index (χ4n) is 3.53. The molecule has 128 valence electrons. The third kappa shape index (κ3) is 4.12. The van der Waals surface area contributed by atoms with Crippen molar-refractivity contribution in [1.82, 2.24) is 14.7 Å². The molecule has 0 saturated carbocycles. The molecule has 1 aromatic heterocycles. The topological polar surface area (TPSA) is 36.0 Å². The number of thiophene rings is 1. The van der Waals surface area contributed by atoms with Crippen LogP contribution in [-0.4, -0.2) is 86.2 Å². The number of carbonyl (C=O) groups excluding carboxylic acids is 1. The monoisotopic (exact) mass is 337 g/mol. The highest BCUT2D eigenvalue weighted by molar-refractivity contribution is 7.12. The van der Waals surface area contributed by atoms with Crippen LogP contribution in [0.15, 0.2) is 17.5 Å². The van der Waals surface area contributed by atoms with Gasteiger partial charge in [0.1, 0.15) is 0 Å². The van der Waals surface area contributed by atoms with Gasteiger partial charge in [0.2, 0.25) is 0 Å². The van der Waals surface area contributed by atoms with E-state index < -0.39 is 0 Å². The molecule has 5 nitrogen and oxygen atoms in total. The van der Waals surface area contributed by atoms with Gasteiger partial charge in [0.15, 0.2) is 0 Å². The molecule has 1 aromatic rings. The van der Waals surface area contributed by atoms with Crippen molar-refractivity contribution in [3.63, 3.8) is 0 Å². The molecule has 0 aliphatic carbocycles. The molecule has 0 bridgehead atoms. The summed E-state index contributed by atoms with van der Waals surface area (Å²) in [5.74, 6) is 0.179. The summed E-state index contributed by atoms with van der Waals surface area (Å²) in [6.45, 7) is 5.61. The molecule has 0 unspecified atom stereocenters. The molecule has 0 spiro atoms. The van der Waals surface area contributed by atoms with Crippen LogP contribution in [-0.2, 0) is 4.74 Å². The van der Waals surface area contributed by atoms with E-state index in [4.69, 9.17) is 4.74 Å². The van der Waals surface area contributed by atoms with E-state index in [0.29, 0.717) is 6.04 Å². The zero-order chi connectivity index (χ0) is 16.2. The van der Waals surface area contributed by atoms with Crippen LogP contribution in [0.5, 0.6) is 0 Å². The van der Waals surface area contributed by atoms with Gasteiger partial charge in [-0.05, 0) is 38.4 Å². The van der Waals surface area contributed by atoms with Gasteiger partial charge in [0.25, 0.3) is 5.91 Å². The second-order valence-corrected chi connectivity index (χ2v) is 7.61. The van der Waals surface area contributed by atoms with E-state index in [1.54, 1.807) is 0 Å². The van der Waals surface area contributed by atoms with E-state index in [1.165, 1.54) is 11.3 Å². The quantitative estimate of drug-likeness (QED) is 0.836. The summed E-state index contributed by atoms with van der Waals surface area (Å²) in [4.78, 5) is 20.2. The predicted octanol–water partition coefficient (Wildman–Crippen LogP) is 1.62. The smallest absolute Gasteiger partial charge is 0.263 e. The standard InChI is InChI=1S/C17H27N3O2S/c1-18(2)9-10-19-11-12-22-15-6-8-20(7-5-14(15)19)17(21)16-4-3-13-23-16/h3-4,13-15H,5-12H2,1-2H3/t14-,15-/m1/s1. The van der Waals surface area contributed by atoms with Crippen molar-refractivity contribution < 1.29 is 9.53 Å². The number of hydrogen-bond donors (Lipinski definition) is 0. The van der Waals surface area contributed by atoms with Crippen LogP contribution < -0.4 is 0 Å². The maximum absolute atomic E-state index is 12.6. The van der Waals surface area contributed by atoms with Crippen LogP contribution in [0.1, 0.15) is 22.5 Å². The molecular formula is C17H27N3O2S. The Morgan fingerprint density at radius 3 is 2.91 bits per heavy atom. The lowest BCUT2D eigenvalue weighted by Gasteiger charge is -2.40. The van der Waals surface area contributed by atoms with Crippen molar-refractivity contribution >= 4 is 17.2 Å². The number of rotatable bonds is 4. The SMILES string of the molecule is CN(C)CCN1CCO[C@@H]2CCN(C(=O)c3cccs3)CC[C@H]21. The lowest BCUT2D eigenvalue weighted by molar-refractivity contribution is -0.0724. The molecular weight excluding hydrogens is 310 g/mol. The molecule has 1 amide bonds. The van der Waals surface area contributed by atoms with Gasteiger partial charge in [-0.1, -0.05) is 6.07 Å². The van der Waals surface area contributed by atoms with E-state index >= 15 is 0 Å². The number of nitrogens with zero attached hydrogens (tertiary/aromatic N) is 3. The van der Waals surface area contributed by atoms with Gasteiger partial charge < -0.3 is 14.5 Å². The van der Waals surface area contributed by atoms with Crippen molar-refractivity contribution in [3.05, 3.63) is 22.4 Å². The summed E-state index contributed by atoms with van der Waals surface area (Å²) in [7, 11) is 4.24. The number of morpholine rings is 1. The van der Waals surface area contributed by atoms with Crippen LogP contribution in [0.4, 0.5) is 0 Å². The van der Waals surface area contributed by atoms with Gasteiger partial charge in [-0.3, -0.25) is 9.69 Å². The Bertz CT molecular complexity index is 506. The summed E-state index contributed by atoms with van der Waals surface area (Å²) < 4.78 is 6.03. The second-order valence-electron chi connectivity index (χ2n) is 6.66. The van der Waals surface area contributed by atoms with Gasteiger partial charge in [-0.25, -0.2) is 0 Å². The first-order chi connectivity index (χ1) is 11.1. The number of ether oxygens (including phenoxy) is 1. The molecule has 0 N–H and O–H groups in total. The van der Waals surface area contributed by atoms with Crippen LogP contribution in [0.25, 0.3) is 0 Å². The fourth-order valence-corrected chi connectivity index (χ4v) is 4.22. The van der Waals surface area contributed by atoms with Crippen molar-refractivity contribution in [2.75, 3.05) is 53.4 Å². The highest BCUT2D eigenvalue weighted by atomic mass is 32.1. The van der Waals surface area contributed by atoms with Crippen LogP contribution >= 0.6 is 11.3 Å². The normalized spacial score (nSPS) is 26.1. The summed E-state index contributed by atoms with van der Waals surface area (Å²) in [5.41, 5.74) is 0. The first kappa shape index (κ1) is 16.9. The number of carbonyl (C=O) groups is 1. The van der Waals surface area contributed by atoms with Crippen molar-refractivity contribution in [1.29, 1.82) is 0 Å². The van der Waals surface area contributed by atoms with Crippen LogP contribution in [0.3, 0.4) is 0 Å². The zero-order valence-electron chi connectivity index (χ0n) is 14.1. The van der Waals surface area contributed by atoms with E-state index in [1.807, 2.05) is 22.4 Å². The molecule has 3 heterocycles. The van der Waals surface area contributed by atoms with Crippen molar-refractivity contribution in [2.24, 2.45) is 0 Å².